The Morgan fingerprint density at radius 1 is 1.18 bits per heavy atom. The first-order valence-corrected chi connectivity index (χ1v) is 10.7. The fourth-order valence-corrected chi connectivity index (χ4v) is 3.57. The molecule has 0 aliphatic rings. The third kappa shape index (κ3) is 4.47. The molecule has 2 aromatic carbocycles. The van der Waals surface area contributed by atoms with E-state index in [9.17, 15) is 9.18 Å². The standard InChI is InChI=1S/C22H22ClFN2OS/c1-14(2)4-10-18-19(15-5-8-17(28-3)9-6-15)13-25-26(22(18)27)16-7-11-21(24)20(23)12-16/h5-9,11-14H,4,10H2,1-3H3. The van der Waals surface area contributed by atoms with E-state index >= 15 is 0 Å². The molecule has 0 N–H and O–H groups in total. The van der Waals surface area contributed by atoms with Gasteiger partial charge in [0.2, 0.25) is 0 Å². The van der Waals surface area contributed by atoms with Gasteiger partial charge in [-0.1, -0.05) is 37.6 Å². The molecule has 1 aromatic heterocycles. The van der Waals surface area contributed by atoms with Gasteiger partial charge in [-0.3, -0.25) is 4.79 Å². The Labute approximate surface area is 173 Å². The van der Waals surface area contributed by atoms with E-state index in [2.05, 4.69) is 18.9 Å². The molecule has 6 heteroatoms. The molecule has 146 valence electrons. The lowest BCUT2D eigenvalue weighted by Gasteiger charge is -2.14. The molecule has 0 unspecified atom stereocenters. The van der Waals surface area contributed by atoms with Crippen molar-refractivity contribution in [3.8, 4) is 16.8 Å². The van der Waals surface area contributed by atoms with E-state index in [4.69, 9.17) is 11.6 Å². The fraction of sp³-hybridized carbons (Fsp3) is 0.273. The summed E-state index contributed by atoms with van der Waals surface area (Å²) in [6.45, 7) is 4.26. The van der Waals surface area contributed by atoms with E-state index in [1.807, 2.05) is 30.5 Å². The van der Waals surface area contributed by atoms with Crippen molar-refractivity contribution in [1.82, 2.24) is 9.78 Å². The van der Waals surface area contributed by atoms with Gasteiger partial charge in [0.15, 0.2) is 0 Å². The zero-order valence-corrected chi connectivity index (χ0v) is 17.6. The number of hydrogen-bond donors (Lipinski definition) is 0. The molecule has 0 radical (unpaired) electrons. The summed E-state index contributed by atoms with van der Waals surface area (Å²) in [5.41, 5.74) is 2.76. The maximum atomic E-state index is 13.5. The van der Waals surface area contributed by atoms with Gasteiger partial charge in [0.25, 0.3) is 5.56 Å². The Hall–Kier alpha value is -2.11. The largest absolute Gasteiger partial charge is 0.275 e. The zero-order valence-electron chi connectivity index (χ0n) is 16.1. The quantitative estimate of drug-likeness (QED) is 0.462. The predicted molar refractivity (Wildman–Crippen MR) is 115 cm³/mol. The Balaban J connectivity index is 2.13. The Bertz CT molecular complexity index is 1030. The number of hydrogen-bond acceptors (Lipinski definition) is 3. The first-order valence-electron chi connectivity index (χ1n) is 9.11. The molecular formula is C22H22ClFN2OS. The van der Waals surface area contributed by atoms with Crippen molar-refractivity contribution >= 4 is 23.4 Å². The van der Waals surface area contributed by atoms with E-state index in [0.717, 1.165) is 22.4 Å². The van der Waals surface area contributed by atoms with E-state index in [-0.39, 0.29) is 10.6 Å². The van der Waals surface area contributed by atoms with Crippen molar-refractivity contribution in [2.24, 2.45) is 5.92 Å². The second-order valence-electron chi connectivity index (χ2n) is 7.01. The van der Waals surface area contributed by atoms with Crippen LogP contribution in [0.2, 0.25) is 5.02 Å². The number of rotatable bonds is 6. The van der Waals surface area contributed by atoms with Gasteiger partial charge >= 0.3 is 0 Å². The normalized spacial score (nSPS) is 11.2. The molecule has 3 rings (SSSR count). The van der Waals surface area contributed by atoms with Crippen LogP contribution in [0, 0.1) is 11.7 Å². The van der Waals surface area contributed by atoms with Crippen LogP contribution in [0.25, 0.3) is 16.8 Å². The van der Waals surface area contributed by atoms with Crippen LogP contribution >= 0.6 is 23.4 Å². The maximum Gasteiger partial charge on any atom is 0.275 e. The van der Waals surface area contributed by atoms with Crippen LogP contribution in [-0.4, -0.2) is 16.0 Å². The van der Waals surface area contributed by atoms with Gasteiger partial charge in [0.05, 0.1) is 16.9 Å². The molecule has 0 aliphatic heterocycles. The summed E-state index contributed by atoms with van der Waals surface area (Å²) in [5, 5.41) is 4.31. The van der Waals surface area contributed by atoms with Gasteiger partial charge in [-0.15, -0.1) is 11.8 Å². The molecular weight excluding hydrogens is 395 g/mol. The second-order valence-corrected chi connectivity index (χ2v) is 8.30. The summed E-state index contributed by atoms with van der Waals surface area (Å²) in [7, 11) is 0. The summed E-state index contributed by atoms with van der Waals surface area (Å²) in [4.78, 5) is 14.4. The van der Waals surface area contributed by atoms with E-state index in [0.29, 0.717) is 23.6 Å². The SMILES string of the molecule is CSc1ccc(-c2cnn(-c3ccc(F)c(Cl)c3)c(=O)c2CCC(C)C)cc1. The maximum absolute atomic E-state index is 13.5. The monoisotopic (exact) mass is 416 g/mol. The van der Waals surface area contributed by atoms with Gasteiger partial charge in [-0.05, 0) is 60.9 Å². The van der Waals surface area contributed by atoms with Crippen molar-refractivity contribution in [3.63, 3.8) is 0 Å². The van der Waals surface area contributed by atoms with E-state index < -0.39 is 5.82 Å². The molecule has 0 spiro atoms. The third-order valence-corrected chi connectivity index (χ3v) is 5.63. The van der Waals surface area contributed by atoms with Gasteiger partial charge in [0.1, 0.15) is 5.82 Å². The van der Waals surface area contributed by atoms with Crippen molar-refractivity contribution in [2.45, 2.75) is 31.6 Å². The number of halogens is 2. The number of aromatic nitrogens is 2. The molecule has 3 nitrogen and oxygen atoms in total. The van der Waals surface area contributed by atoms with Crippen LogP contribution in [0.3, 0.4) is 0 Å². The second kappa shape index (κ2) is 8.93. The highest BCUT2D eigenvalue weighted by Gasteiger charge is 2.15. The van der Waals surface area contributed by atoms with Crippen LogP contribution in [-0.2, 0) is 6.42 Å². The van der Waals surface area contributed by atoms with Crippen molar-refractivity contribution < 1.29 is 4.39 Å². The van der Waals surface area contributed by atoms with Gasteiger partial charge in [0, 0.05) is 16.0 Å². The molecule has 3 aromatic rings. The highest BCUT2D eigenvalue weighted by Crippen LogP contribution is 2.26. The van der Waals surface area contributed by atoms with Crippen LogP contribution in [0.5, 0.6) is 0 Å². The van der Waals surface area contributed by atoms with Crippen LogP contribution < -0.4 is 5.56 Å². The highest BCUT2D eigenvalue weighted by atomic mass is 35.5. The third-order valence-electron chi connectivity index (χ3n) is 4.60. The van der Waals surface area contributed by atoms with E-state index in [1.54, 1.807) is 18.0 Å². The zero-order chi connectivity index (χ0) is 20.3. The first kappa shape index (κ1) is 20.6. The summed E-state index contributed by atoms with van der Waals surface area (Å²) in [6.07, 6.45) is 5.27. The molecule has 1 heterocycles. The minimum atomic E-state index is -0.524. The highest BCUT2D eigenvalue weighted by molar-refractivity contribution is 7.98. The fourth-order valence-electron chi connectivity index (χ4n) is 2.98. The minimum Gasteiger partial charge on any atom is -0.267 e. The molecule has 0 aliphatic carbocycles. The summed E-state index contributed by atoms with van der Waals surface area (Å²) in [6, 6.07) is 12.3. The average molecular weight is 417 g/mol. The summed E-state index contributed by atoms with van der Waals surface area (Å²) < 4.78 is 14.8. The van der Waals surface area contributed by atoms with Crippen LogP contribution in [0.1, 0.15) is 25.8 Å². The average Bonchev–Trinajstić information content (AvgIpc) is 2.69. The molecule has 0 atom stereocenters. The molecule has 0 bridgehead atoms. The number of nitrogens with zero attached hydrogens (tertiary/aromatic N) is 2. The summed E-state index contributed by atoms with van der Waals surface area (Å²) in [5.74, 6) is -0.0583. The van der Waals surface area contributed by atoms with Crippen LogP contribution in [0.15, 0.2) is 58.4 Å². The van der Waals surface area contributed by atoms with Crippen molar-refractivity contribution in [2.75, 3.05) is 6.26 Å². The Kier molecular flexibility index (Phi) is 6.57. The van der Waals surface area contributed by atoms with Gasteiger partial charge in [-0.2, -0.15) is 9.78 Å². The van der Waals surface area contributed by atoms with Crippen molar-refractivity contribution in [1.29, 1.82) is 0 Å². The van der Waals surface area contributed by atoms with Gasteiger partial charge < -0.3 is 0 Å². The molecule has 0 saturated heterocycles. The molecule has 28 heavy (non-hydrogen) atoms. The van der Waals surface area contributed by atoms with Crippen LogP contribution in [0.4, 0.5) is 4.39 Å². The number of benzene rings is 2. The predicted octanol–water partition coefficient (Wildman–Crippen LogP) is 6.00. The first-order chi connectivity index (χ1) is 13.4. The molecule has 0 amide bonds. The Morgan fingerprint density at radius 2 is 1.89 bits per heavy atom. The van der Waals surface area contributed by atoms with E-state index in [1.165, 1.54) is 22.9 Å². The molecule has 0 saturated carbocycles. The smallest absolute Gasteiger partial charge is 0.267 e. The topological polar surface area (TPSA) is 34.9 Å². The Morgan fingerprint density at radius 3 is 2.50 bits per heavy atom. The van der Waals surface area contributed by atoms with Gasteiger partial charge in [-0.25, -0.2) is 4.39 Å². The lowest BCUT2D eigenvalue weighted by atomic mass is 9.96. The summed E-state index contributed by atoms with van der Waals surface area (Å²) >= 11 is 7.57. The lowest BCUT2D eigenvalue weighted by Crippen LogP contribution is -2.26. The lowest BCUT2D eigenvalue weighted by molar-refractivity contribution is 0.582. The number of thioether (sulfide) groups is 1. The minimum absolute atomic E-state index is 0.0355. The van der Waals surface area contributed by atoms with Crippen molar-refractivity contribution in [3.05, 3.63) is 75.4 Å². The molecule has 0 fully saturated rings.